The lowest BCUT2D eigenvalue weighted by molar-refractivity contribution is -0.123. The molecule has 152 valence electrons. The van der Waals surface area contributed by atoms with Crippen LogP contribution in [0.1, 0.15) is 33.6 Å². The fourth-order valence-corrected chi connectivity index (χ4v) is 4.92. The second-order valence-electron chi connectivity index (χ2n) is 8.67. The Balaban J connectivity index is 1.63. The van der Waals surface area contributed by atoms with Crippen molar-refractivity contribution in [3.05, 3.63) is 34.6 Å². The number of carbonyl (C=O) groups excluding carboxylic acids is 2. The van der Waals surface area contributed by atoms with E-state index in [0.717, 1.165) is 22.4 Å². The van der Waals surface area contributed by atoms with Crippen LogP contribution in [0.3, 0.4) is 0 Å². The first-order valence-corrected chi connectivity index (χ1v) is 9.83. The van der Waals surface area contributed by atoms with Gasteiger partial charge in [-0.2, -0.15) is 0 Å². The molecule has 7 heteroatoms. The number of likely N-dealkylation sites (N-methyl/N-ethyl adjacent to an activating group) is 1. The molecule has 0 aromatic heterocycles. The van der Waals surface area contributed by atoms with E-state index in [1.54, 1.807) is 18.0 Å². The Bertz CT molecular complexity index is 832. The SMILES string of the molecule is CC1=C2CC3(C)C(=CC(O)C(OC(=O)N4CCC(F)C4)C3C)C=C2N(C)C1=O. The molecule has 2 heterocycles. The van der Waals surface area contributed by atoms with Crippen LogP contribution in [0.25, 0.3) is 0 Å². The van der Waals surface area contributed by atoms with Crippen molar-refractivity contribution in [2.75, 3.05) is 20.1 Å². The highest BCUT2D eigenvalue weighted by atomic mass is 19.1. The number of nitrogens with zero attached hydrogens (tertiary/aromatic N) is 2. The summed E-state index contributed by atoms with van der Waals surface area (Å²) in [6.07, 6.45) is 1.41. The molecule has 0 aromatic carbocycles. The minimum Gasteiger partial charge on any atom is -0.443 e. The minimum absolute atomic E-state index is 0.00455. The van der Waals surface area contributed by atoms with E-state index < -0.39 is 24.5 Å². The van der Waals surface area contributed by atoms with Gasteiger partial charge >= 0.3 is 6.09 Å². The maximum absolute atomic E-state index is 13.4. The third kappa shape index (κ3) is 2.70. The van der Waals surface area contributed by atoms with E-state index in [4.69, 9.17) is 4.74 Å². The fraction of sp³-hybridized carbons (Fsp3) is 0.619. The lowest BCUT2D eigenvalue weighted by atomic mass is 9.59. The summed E-state index contributed by atoms with van der Waals surface area (Å²) >= 11 is 0. The zero-order chi connectivity index (χ0) is 20.4. The van der Waals surface area contributed by atoms with Crippen molar-refractivity contribution in [3.8, 4) is 0 Å². The van der Waals surface area contributed by atoms with Gasteiger partial charge < -0.3 is 19.6 Å². The van der Waals surface area contributed by atoms with Crippen molar-refractivity contribution < 1.29 is 23.8 Å². The molecule has 6 nitrogen and oxygen atoms in total. The van der Waals surface area contributed by atoms with Crippen LogP contribution in [-0.2, 0) is 9.53 Å². The highest BCUT2D eigenvalue weighted by molar-refractivity contribution is 6.00. The second-order valence-corrected chi connectivity index (χ2v) is 8.67. The lowest BCUT2D eigenvalue weighted by Gasteiger charge is -2.48. The Morgan fingerprint density at radius 1 is 1.43 bits per heavy atom. The number of alkyl halides is 1. The fourth-order valence-electron chi connectivity index (χ4n) is 4.92. The molecule has 1 fully saturated rings. The summed E-state index contributed by atoms with van der Waals surface area (Å²) in [4.78, 5) is 27.8. The third-order valence-corrected chi connectivity index (χ3v) is 7.05. The van der Waals surface area contributed by atoms with Crippen LogP contribution >= 0.6 is 0 Å². The Kier molecular flexibility index (Phi) is 4.41. The van der Waals surface area contributed by atoms with Crippen molar-refractivity contribution in [3.63, 3.8) is 0 Å². The van der Waals surface area contributed by atoms with Crippen molar-refractivity contribution in [1.29, 1.82) is 0 Å². The van der Waals surface area contributed by atoms with E-state index in [-0.39, 0.29) is 23.8 Å². The summed E-state index contributed by atoms with van der Waals surface area (Å²) in [7, 11) is 1.76. The Morgan fingerprint density at radius 2 is 2.14 bits per heavy atom. The monoisotopic (exact) mass is 390 g/mol. The van der Waals surface area contributed by atoms with Crippen LogP contribution in [0.2, 0.25) is 0 Å². The normalized spacial score (nSPS) is 37.6. The molecular weight excluding hydrogens is 363 g/mol. The van der Waals surface area contributed by atoms with E-state index in [2.05, 4.69) is 6.92 Å². The van der Waals surface area contributed by atoms with Gasteiger partial charge in [0.1, 0.15) is 18.4 Å². The van der Waals surface area contributed by atoms with Gasteiger partial charge in [-0.3, -0.25) is 4.79 Å². The van der Waals surface area contributed by atoms with E-state index in [9.17, 15) is 19.1 Å². The van der Waals surface area contributed by atoms with Gasteiger partial charge in [-0.25, -0.2) is 9.18 Å². The highest BCUT2D eigenvalue weighted by Crippen LogP contribution is 2.54. The van der Waals surface area contributed by atoms with E-state index in [1.807, 2.05) is 19.9 Å². The largest absolute Gasteiger partial charge is 0.443 e. The zero-order valence-corrected chi connectivity index (χ0v) is 16.7. The average molecular weight is 390 g/mol. The second kappa shape index (κ2) is 6.44. The van der Waals surface area contributed by atoms with E-state index in [1.165, 1.54) is 4.90 Å². The van der Waals surface area contributed by atoms with Crippen LogP contribution < -0.4 is 0 Å². The third-order valence-electron chi connectivity index (χ3n) is 7.05. The Labute approximate surface area is 164 Å². The van der Waals surface area contributed by atoms with Gasteiger partial charge in [0, 0.05) is 36.2 Å². The summed E-state index contributed by atoms with van der Waals surface area (Å²) in [6.45, 7) is 6.27. The molecule has 0 aromatic rings. The molecule has 5 unspecified atom stereocenters. The summed E-state index contributed by atoms with van der Waals surface area (Å²) in [5.41, 5.74) is 3.22. The molecule has 1 saturated heterocycles. The smallest absolute Gasteiger partial charge is 0.410 e. The number of fused-ring (bicyclic) bond motifs is 2. The molecule has 0 saturated carbocycles. The number of rotatable bonds is 1. The van der Waals surface area contributed by atoms with E-state index >= 15 is 0 Å². The molecule has 5 atom stereocenters. The molecule has 4 aliphatic rings. The molecule has 2 amide bonds. The van der Waals surface area contributed by atoms with Crippen molar-refractivity contribution in [2.45, 2.75) is 52.0 Å². The number of amides is 2. The molecule has 0 radical (unpaired) electrons. The first-order valence-electron chi connectivity index (χ1n) is 9.83. The van der Waals surface area contributed by atoms with Gasteiger partial charge in [0.15, 0.2) is 0 Å². The van der Waals surface area contributed by atoms with Crippen LogP contribution in [-0.4, -0.2) is 65.4 Å². The Hall–Kier alpha value is -2.15. The predicted molar refractivity (Wildman–Crippen MR) is 101 cm³/mol. The minimum atomic E-state index is -1.01. The zero-order valence-electron chi connectivity index (χ0n) is 16.7. The number of aliphatic hydroxyl groups excluding tert-OH is 1. The van der Waals surface area contributed by atoms with Gasteiger partial charge in [0.25, 0.3) is 5.91 Å². The summed E-state index contributed by atoms with van der Waals surface area (Å²) in [5, 5.41) is 10.7. The van der Waals surface area contributed by atoms with Gasteiger partial charge in [-0.05, 0) is 43.1 Å². The average Bonchev–Trinajstić information content (AvgIpc) is 3.17. The summed E-state index contributed by atoms with van der Waals surface area (Å²) < 4.78 is 19.1. The van der Waals surface area contributed by atoms with E-state index in [0.29, 0.717) is 19.4 Å². The number of hydrogen-bond acceptors (Lipinski definition) is 4. The van der Waals surface area contributed by atoms with Gasteiger partial charge in [0.2, 0.25) is 0 Å². The van der Waals surface area contributed by atoms with Crippen molar-refractivity contribution in [1.82, 2.24) is 9.80 Å². The predicted octanol–water partition coefficient (Wildman–Crippen LogP) is 2.55. The first kappa shape index (κ1) is 19.2. The number of allylic oxidation sites excluding steroid dienone is 3. The Morgan fingerprint density at radius 3 is 2.79 bits per heavy atom. The number of aliphatic hydroxyl groups is 1. The highest BCUT2D eigenvalue weighted by Gasteiger charge is 2.51. The number of likely N-dealkylation sites (tertiary alicyclic amines) is 1. The van der Waals surface area contributed by atoms with Gasteiger partial charge in [0.05, 0.1) is 6.54 Å². The van der Waals surface area contributed by atoms with Gasteiger partial charge in [-0.15, -0.1) is 0 Å². The number of carbonyl (C=O) groups is 2. The van der Waals surface area contributed by atoms with Crippen molar-refractivity contribution in [2.24, 2.45) is 11.3 Å². The molecule has 0 bridgehead atoms. The summed E-state index contributed by atoms with van der Waals surface area (Å²) in [5.74, 6) is -0.176. The van der Waals surface area contributed by atoms with Crippen LogP contribution in [0.15, 0.2) is 34.6 Å². The van der Waals surface area contributed by atoms with Gasteiger partial charge in [-0.1, -0.05) is 13.8 Å². The van der Waals surface area contributed by atoms with Crippen molar-refractivity contribution >= 4 is 12.0 Å². The molecule has 2 aliphatic heterocycles. The topological polar surface area (TPSA) is 70.1 Å². The molecular formula is C21H27FN2O4. The summed E-state index contributed by atoms with van der Waals surface area (Å²) in [6, 6.07) is 0. The van der Waals surface area contributed by atoms with Crippen LogP contribution in [0.5, 0.6) is 0 Å². The number of ether oxygens (including phenoxy) is 1. The van der Waals surface area contributed by atoms with Crippen LogP contribution in [0, 0.1) is 11.3 Å². The number of hydrogen-bond donors (Lipinski definition) is 1. The maximum atomic E-state index is 13.4. The molecule has 0 spiro atoms. The quantitative estimate of drug-likeness (QED) is 0.747. The standard InChI is InChI=1S/C21H27FN2O4/c1-11-15-9-21(3)12(2)18(28-20(27)24-6-5-14(22)10-24)17(25)8-13(21)7-16(15)23(4)19(11)26/h7-8,12,14,17-18,25H,5-6,9-10H2,1-4H3. The maximum Gasteiger partial charge on any atom is 0.410 e. The lowest BCUT2D eigenvalue weighted by Crippen LogP contribution is -2.50. The molecule has 28 heavy (non-hydrogen) atoms. The molecule has 4 rings (SSSR count). The molecule has 2 aliphatic carbocycles. The first-order chi connectivity index (χ1) is 13.1. The van der Waals surface area contributed by atoms with Crippen LogP contribution in [0.4, 0.5) is 9.18 Å². The molecule has 1 N–H and O–H groups in total. The number of halogens is 1.